The Morgan fingerprint density at radius 2 is 1.73 bits per heavy atom. The van der Waals surface area contributed by atoms with Gasteiger partial charge >= 0.3 is 0 Å². The molecule has 0 radical (unpaired) electrons. The van der Waals surface area contributed by atoms with Crippen molar-refractivity contribution in [3.63, 3.8) is 0 Å². The van der Waals surface area contributed by atoms with Gasteiger partial charge in [0.05, 0.1) is 11.6 Å². The summed E-state index contributed by atoms with van der Waals surface area (Å²) in [6.45, 7) is 5.26. The van der Waals surface area contributed by atoms with Crippen LogP contribution in [0.5, 0.6) is 0 Å². The molecule has 3 heterocycles. The fourth-order valence-electron chi connectivity index (χ4n) is 4.17. The van der Waals surface area contributed by atoms with Crippen molar-refractivity contribution in [1.82, 2.24) is 9.97 Å². The lowest BCUT2D eigenvalue weighted by Gasteiger charge is -2.36. The molecule has 1 unspecified atom stereocenters. The Morgan fingerprint density at radius 1 is 0.967 bits per heavy atom. The van der Waals surface area contributed by atoms with E-state index in [0.717, 1.165) is 79.9 Å². The van der Waals surface area contributed by atoms with Gasteiger partial charge in [0.1, 0.15) is 5.82 Å². The van der Waals surface area contributed by atoms with Gasteiger partial charge in [-0.2, -0.15) is 4.98 Å². The Morgan fingerprint density at radius 3 is 2.50 bits per heavy atom. The molecule has 30 heavy (non-hydrogen) atoms. The van der Waals surface area contributed by atoms with E-state index >= 15 is 0 Å². The van der Waals surface area contributed by atoms with Crippen LogP contribution in [0, 0.1) is 0 Å². The van der Waals surface area contributed by atoms with Gasteiger partial charge in [-0.15, -0.1) is 0 Å². The summed E-state index contributed by atoms with van der Waals surface area (Å²) in [6.07, 6.45) is 2.51. The van der Waals surface area contributed by atoms with Gasteiger partial charge in [-0.25, -0.2) is 4.98 Å². The minimum Gasteiger partial charge on any atom is -0.376 e. The summed E-state index contributed by atoms with van der Waals surface area (Å²) in [5, 5.41) is 5.35. The Hall–Kier alpha value is -2.57. The molecular weight excluding hydrogens is 398 g/mol. The quantitative estimate of drug-likeness (QED) is 0.663. The average Bonchev–Trinajstić information content (AvgIpc) is 3.32. The molecule has 2 saturated heterocycles. The van der Waals surface area contributed by atoms with Gasteiger partial charge in [0.25, 0.3) is 0 Å². The molecule has 2 aliphatic rings. The van der Waals surface area contributed by atoms with Crippen molar-refractivity contribution >= 4 is 40.0 Å². The minimum atomic E-state index is 0.269. The maximum absolute atomic E-state index is 6.03. The predicted octanol–water partition coefficient (Wildman–Crippen LogP) is 4.20. The molecular formula is C23H26ClN5O. The molecule has 0 bridgehead atoms. The highest BCUT2D eigenvalue weighted by Gasteiger charge is 2.21. The van der Waals surface area contributed by atoms with Crippen LogP contribution in [0.4, 0.5) is 17.5 Å². The first-order valence-electron chi connectivity index (χ1n) is 10.6. The average molecular weight is 424 g/mol. The van der Waals surface area contributed by atoms with E-state index in [1.807, 2.05) is 24.3 Å². The van der Waals surface area contributed by atoms with E-state index in [0.29, 0.717) is 0 Å². The summed E-state index contributed by atoms with van der Waals surface area (Å²) in [5.41, 5.74) is 2.18. The van der Waals surface area contributed by atoms with E-state index < -0.39 is 0 Å². The van der Waals surface area contributed by atoms with E-state index in [1.54, 1.807) is 0 Å². The van der Waals surface area contributed by atoms with Gasteiger partial charge in [0.2, 0.25) is 5.95 Å². The van der Waals surface area contributed by atoms with Gasteiger partial charge in [0.15, 0.2) is 0 Å². The number of rotatable bonds is 5. The molecule has 2 aromatic carbocycles. The highest BCUT2D eigenvalue weighted by molar-refractivity contribution is 6.30. The zero-order valence-electron chi connectivity index (χ0n) is 16.9. The highest BCUT2D eigenvalue weighted by Crippen LogP contribution is 2.26. The second-order valence-electron chi connectivity index (χ2n) is 7.86. The molecule has 3 aromatic rings. The maximum Gasteiger partial charge on any atom is 0.228 e. The molecule has 0 aliphatic carbocycles. The van der Waals surface area contributed by atoms with E-state index in [-0.39, 0.29) is 6.10 Å². The van der Waals surface area contributed by atoms with Crippen molar-refractivity contribution in [3.8, 4) is 0 Å². The monoisotopic (exact) mass is 423 g/mol. The van der Waals surface area contributed by atoms with Gasteiger partial charge < -0.3 is 19.9 Å². The highest BCUT2D eigenvalue weighted by atomic mass is 35.5. The first-order chi connectivity index (χ1) is 14.8. The topological polar surface area (TPSA) is 53.5 Å². The predicted molar refractivity (Wildman–Crippen MR) is 123 cm³/mol. The summed E-state index contributed by atoms with van der Waals surface area (Å²) in [6, 6.07) is 16.3. The van der Waals surface area contributed by atoms with Gasteiger partial charge in [0, 0.05) is 55.4 Å². The van der Waals surface area contributed by atoms with Crippen molar-refractivity contribution < 1.29 is 4.74 Å². The number of hydrogen-bond acceptors (Lipinski definition) is 6. The standard InChI is InChI=1S/C23H26ClN5O/c24-17-7-9-18(10-8-17)28-11-13-29(14-12-28)23-26-21-6-2-1-5-20(21)22(27-23)25-16-19-4-3-15-30-19/h1-2,5-10,19H,3-4,11-16H2,(H,25,26,27). The fourth-order valence-corrected chi connectivity index (χ4v) is 4.30. The number of nitrogens with one attached hydrogen (secondary N) is 1. The number of para-hydroxylation sites is 1. The van der Waals surface area contributed by atoms with Crippen molar-refractivity contribution in [2.75, 3.05) is 54.4 Å². The summed E-state index contributed by atoms with van der Waals surface area (Å²) in [5.74, 6) is 1.69. The lowest BCUT2D eigenvalue weighted by molar-refractivity contribution is 0.120. The van der Waals surface area contributed by atoms with E-state index in [4.69, 9.17) is 26.3 Å². The Balaban J connectivity index is 1.33. The van der Waals surface area contributed by atoms with E-state index in [2.05, 4.69) is 39.4 Å². The maximum atomic E-state index is 6.03. The molecule has 7 heteroatoms. The molecule has 0 amide bonds. The lowest BCUT2D eigenvalue weighted by atomic mass is 10.2. The van der Waals surface area contributed by atoms with Crippen LogP contribution in [-0.2, 0) is 4.74 Å². The van der Waals surface area contributed by atoms with Crippen LogP contribution in [0.25, 0.3) is 10.9 Å². The third kappa shape index (κ3) is 4.16. The molecule has 0 saturated carbocycles. The van der Waals surface area contributed by atoms with Crippen LogP contribution in [0.3, 0.4) is 0 Å². The molecule has 2 aliphatic heterocycles. The van der Waals surface area contributed by atoms with Gasteiger partial charge in [-0.3, -0.25) is 0 Å². The Bertz CT molecular complexity index is 998. The SMILES string of the molecule is Clc1ccc(N2CCN(c3nc(NCC4CCCO4)c4ccccc4n3)CC2)cc1. The summed E-state index contributed by atoms with van der Waals surface area (Å²) in [4.78, 5) is 14.4. The zero-order valence-corrected chi connectivity index (χ0v) is 17.7. The third-order valence-electron chi connectivity index (χ3n) is 5.87. The molecule has 0 spiro atoms. The molecule has 5 rings (SSSR count). The number of ether oxygens (including phenoxy) is 1. The Labute approximate surface area is 181 Å². The van der Waals surface area contributed by atoms with Gasteiger partial charge in [-0.05, 0) is 49.2 Å². The van der Waals surface area contributed by atoms with Gasteiger partial charge in [-0.1, -0.05) is 23.7 Å². The number of fused-ring (bicyclic) bond motifs is 1. The number of aromatic nitrogens is 2. The van der Waals surface area contributed by atoms with Crippen LogP contribution in [0.1, 0.15) is 12.8 Å². The van der Waals surface area contributed by atoms with Crippen molar-refractivity contribution in [3.05, 3.63) is 53.6 Å². The number of benzene rings is 2. The third-order valence-corrected chi connectivity index (χ3v) is 6.12. The second kappa shape index (κ2) is 8.66. The van der Waals surface area contributed by atoms with Crippen LogP contribution >= 0.6 is 11.6 Å². The summed E-state index contributed by atoms with van der Waals surface area (Å²) >= 11 is 6.03. The number of nitrogens with zero attached hydrogens (tertiary/aromatic N) is 4. The second-order valence-corrected chi connectivity index (χ2v) is 8.29. The smallest absolute Gasteiger partial charge is 0.228 e. The first-order valence-corrected chi connectivity index (χ1v) is 11.0. The first kappa shape index (κ1) is 19.4. The van der Waals surface area contributed by atoms with E-state index in [9.17, 15) is 0 Å². The minimum absolute atomic E-state index is 0.269. The fraction of sp³-hybridized carbons (Fsp3) is 0.391. The van der Waals surface area contributed by atoms with Crippen LogP contribution in [0.15, 0.2) is 48.5 Å². The summed E-state index contributed by atoms with van der Waals surface area (Å²) < 4.78 is 5.76. The van der Waals surface area contributed by atoms with Crippen molar-refractivity contribution in [1.29, 1.82) is 0 Å². The Kier molecular flexibility index (Phi) is 5.60. The van der Waals surface area contributed by atoms with Crippen molar-refractivity contribution in [2.24, 2.45) is 0 Å². The molecule has 1 aromatic heterocycles. The number of hydrogen-bond donors (Lipinski definition) is 1. The molecule has 156 valence electrons. The zero-order chi connectivity index (χ0) is 20.3. The van der Waals surface area contributed by atoms with Crippen LogP contribution in [-0.4, -0.2) is 55.4 Å². The van der Waals surface area contributed by atoms with E-state index in [1.165, 1.54) is 5.69 Å². The molecule has 2 fully saturated rings. The molecule has 6 nitrogen and oxygen atoms in total. The summed E-state index contributed by atoms with van der Waals surface area (Å²) in [7, 11) is 0. The van der Waals surface area contributed by atoms with Crippen LogP contribution in [0.2, 0.25) is 5.02 Å². The molecule has 1 atom stereocenters. The largest absolute Gasteiger partial charge is 0.376 e. The normalized spacial score (nSPS) is 19.4. The number of anilines is 3. The lowest BCUT2D eigenvalue weighted by Crippen LogP contribution is -2.47. The molecule has 1 N–H and O–H groups in total. The van der Waals surface area contributed by atoms with Crippen LogP contribution < -0.4 is 15.1 Å². The number of halogens is 1. The van der Waals surface area contributed by atoms with Crippen molar-refractivity contribution in [2.45, 2.75) is 18.9 Å². The number of piperazine rings is 1.